The summed E-state index contributed by atoms with van der Waals surface area (Å²) in [6.07, 6.45) is 4.06. The van der Waals surface area contributed by atoms with Gasteiger partial charge in [0.25, 0.3) is 5.91 Å². The molecule has 136 valence electrons. The summed E-state index contributed by atoms with van der Waals surface area (Å²) < 4.78 is 0. The van der Waals surface area contributed by atoms with Crippen LogP contribution in [0.5, 0.6) is 0 Å². The first-order valence-electron chi connectivity index (χ1n) is 9.28. The molecule has 3 rings (SSSR count). The summed E-state index contributed by atoms with van der Waals surface area (Å²) in [5, 5.41) is 9.03. The van der Waals surface area contributed by atoms with Crippen molar-refractivity contribution in [2.75, 3.05) is 32.8 Å². The van der Waals surface area contributed by atoms with Crippen LogP contribution in [0.15, 0.2) is 24.3 Å². The number of aliphatic hydroxyl groups excluding tert-OH is 1. The van der Waals surface area contributed by atoms with Crippen molar-refractivity contribution in [2.45, 2.75) is 39.0 Å². The van der Waals surface area contributed by atoms with Crippen molar-refractivity contribution in [1.82, 2.24) is 9.80 Å². The van der Waals surface area contributed by atoms with E-state index in [1.165, 1.54) is 0 Å². The van der Waals surface area contributed by atoms with Crippen LogP contribution in [0.3, 0.4) is 0 Å². The molecule has 2 fully saturated rings. The zero-order valence-corrected chi connectivity index (χ0v) is 15.0. The summed E-state index contributed by atoms with van der Waals surface area (Å²) >= 11 is 0. The normalized spacial score (nSPS) is 20.2. The van der Waals surface area contributed by atoms with Crippen molar-refractivity contribution in [2.24, 2.45) is 5.41 Å². The van der Waals surface area contributed by atoms with Crippen LogP contribution in [-0.4, -0.2) is 59.5 Å². The lowest BCUT2D eigenvalue weighted by Gasteiger charge is -2.47. The highest BCUT2D eigenvalue weighted by Crippen LogP contribution is 2.40. The van der Waals surface area contributed by atoms with Gasteiger partial charge in [0.15, 0.2) is 0 Å². The van der Waals surface area contributed by atoms with Gasteiger partial charge in [-0.05, 0) is 50.2 Å². The highest BCUT2D eigenvalue weighted by atomic mass is 16.3. The Morgan fingerprint density at radius 3 is 2.68 bits per heavy atom. The van der Waals surface area contributed by atoms with Gasteiger partial charge in [-0.3, -0.25) is 9.59 Å². The van der Waals surface area contributed by atoms with E-state index in [9.17, 15) is 9.59 Å². The Balaban J connectivity index is 1.61. The van der Waals surface area contributed by atoms with E-state index in [1.807, 2.05) is 41.0 Å². The van der Waals surface area contributed by atoms with Gasteiger partial charge >= 0.3 is 0 Å². The van der Waals surface area contributed by atoms with Gasteiger partial charge in [-0.15, -0.1) is 0 Å². The zero-order chi connectivity index (χ0) is 17.9. The second-order valence-corrected chi connectivity index (χ2v) is 7.55. The van der Waals surface area contributed by atoms with Gasteiger partial charge in [0.05, 0.1) is 0 Å². The third kappa shape index (κ3) is 4.03. The van der Waals surface area contributed by atoms with E-state index in [-0.39, 0.29) is 23.8 Å². The molecule has 1 aromatic carbocycles. The van der Waals surface area contributed by atoms with E-state index in [0.717, 1.165) is 50.0 Å². The monoisotopic (exact) mass is 344 g/mol. The molecule has 25 heavy (non-hydrogen) atoms. The minimum absolute atomic E-state index is 0.113. The summed E-state index contributed by atoms with van der Waals surface area (Å²) in [4.78, 5) is 28.7. The number of benzene rings is 1. The van der Waals surface area contributed by atoms with Crippen molar-refractivity contribution in [3.05, 3.63) is 35.4 Å². The van der Waals surface area contributed by atoms with E-state index in [0.29, 0.717) is 19.4 Å². The molecule has 0 bridgehead atoms. The van der Waals surface area contributed by atoms with E-state index in [2.05, 4.69) is 0 Å². The molecule has 2 amide bonds. The minimum Gasteiger partial charge on any atom is -0.396 e. The van der Waals surface area contributed by atoms with Crippen LogP contribution >= 0.6 is 0 Å². The molecule has 0 atom stereocenters. The lowest BCUT2D eigenvalue weighted by Crippen LogP contribution is -2.52. The molecule has 2 saturated heterocycles. The number of carbonyl (C=O) groups excluding carboxylic acids is 2. The second kappa shape index (κ2) is 7.56. The van der Waals surface area contributed by atoms with Gasteiger partial charge in [0.2, 0.25) is 5.91 Å². The molecule has 0 radical (unpaired) electrons. The summed E-state index contributed by atoms with van der Waals surface area (Å²) in [5.74, 6) is 0.319. The van der Waals surface area contributed by atoms with Gasteiger partial charge in [-0.25, -0.2) is 0 Å². The quantitative estimate of drug-likeness (QED) is 0.911. The summed E-state index contributed by atoms with van der Waals surface area (Å²) in [7, 11) is 0. The number of carbonyl (C=O) groups is 2. The van der Waals surface area contributed by atoms with E-state index >= 15 is 0 Å². The van der Waals surface area contributed by atoms with Gasteiger partial charge in [-0.1, -0.05) is 17.7 Å². The first-order valence-corrected chi connectivity index (χ1v) is 9.28. The third-order valence-corrected chi connectivity index (χ3v) is 5.71. The number of hydrogen-bond acceptors (Lipinski definition) is 3. The van der Waals surface area contributed by atoms with Gasteiger partial charge in [-0.2, -0.15) is 0 Å². The first-order chi connectivity index (χ1) is 12.0. The largest absolute Gasteiger partial charge is 0.396 e. The van der Waals surface area contributed by atoms with E-state index < -0.39 is 0 Å². The SMILES string of the molecule is Cc1cccc(C(=O)N2CCC3(CCC(=O)N(CCCO)C3)CC2)c1. The highest BCUT2D eigenvalue weighted by molar-refractivity contribution is 5.94. The first kappa shape index (κ1) is 17.9. The Morgan fingerprint density at radius 2 is 2.00 bits per heavy atom. The van der Waals surface area contributed by atoms with E-state index in [1.54, 1.807) is 0 Å². The predicted octanol–water partition coefficient (Wildman–Crippen LogP) is 2.22. The molecule has 1 spiro atoms. The predicted molar refractivity (Wildman–Crippen MR) is 96.3 cm³/mol. The molecular weight excluding hydrogens is 316 g/mol. The number of piperidine rings is 2. The van der Waals surface area contributed by atoms with Crippen LogP contribution in [0.25, 0.3) is 0 Å². The second-order valence-electron chi connectivity index (χ2n) is 7.55. The van der Waals surface area contributed by atoms with Crippen LogP contribution in [0.1, 0.15) is 48.0 Å². The Bertz CT molecular complexity index is 636. The van der Waals surface area contributed by atoms with Gasteiger partial charge in [0.1, 0.15) is 0 Å². The van der Waals surface area contributed by atoms with Crippen molar-refractivity contribution < 1.29 is 14.7 Å². The maximum Gasteiger partial charge on any atom is 0.253 e. The number of rotatable bonds is 4. The lowest BCUT2D eigenvalue weighted by molar-refractivity contribution is -0.139. The minimum atomic E-state index is 0.113. The maximum atomic E-state index is 12.7. The summed E-state index contributed by atoms with van der Waals surface area (Å²) in [6, 6.07) is 7.76. The number of nitrogens with zero attached hydrogens (tertiary/aromatic N) is 2. The van der Waals surface area contributed by atoms with Crippen molar-refractivity contribution in [3.8, 4) is 0 Å². The molecule has 0 aromatic heterocycles. The number of amides is 2. The molecule has 2 heterocycles. The smallest absolute Gasteiger partial charge is 0.253 e. The molecule has 1 N–H and O–H groups in total. The topological polar surface area (TPSA) is 60.9 Å². The molecule has 1 aromatic rings. The fourth-order valence-electron chi connectivity index (χ4n) is 4.12. The van der Waals surface area contributed by atoms with Crippen LogP contribution in [0.4, 0.5) is 0 Å². The summed E-state index contributed by atoms with van der Waals surface area (Å²) in [5.41, 5.74) is 2.01. The average Bonchev–Trinajstić information content (AvgIpc) is 2.63. The number of aryl methyl sites for hydroxylation is 1. The van der Waals surface area contributed by atoms with Gasteiger partial charge < -0.3 is 14.9 Å². The lowest BCUT2D eigenvalue weighted by atomic mass is 9.72. The molecule has 5 heteroatoms. The molecule has 0 aliphatic carbocycles. The zero-order valence-electron chi connectivity index (χ0n) is 15.0. The number of aliphatic hydroxyl groups is 1. The molecular formula is C20H28N2O3. The molecule has 0 unspecified atom stereocenters. The number of hydrogen-bond donors (Lipinski definition) is 1. The van der Waals surface area contributed by atoms with Crippen molar-refractivity contribution in [1.29, 1.82) is 0 Å². The fraction of sp³-hybridized carbons (Fsp3) is 0.600. The van der Waals surface area contributed by atoms with E-state index in [4.69, 9.17) is 5.11 Å². The molecule has 2 aliphatic rings. The standard InChI is InChI=1S/C20H28N2O3/c1-16-4-2-5-17(14-16)19(25)21-11-8-20(9-12-21)7-6-18(24)22(15-20)10-3-13-23/h2,4-5,14,23H,3,6-13,15H2,1H3. The average molecular weight is 344 g/mol. The summed E-state index contributed by atoms with van der Waals surface area (Å²) in [6.45, 7) is 5.06. The molecule has 0 saturated carbocycles. The molecule has 5 nitrogen and oxygen atoms in total. The fourth-order valence-corrected chi connectivity index (χ4v) is 4.12. The van der Waals surface area contributed by atoms with Gasteiger partial charge in [0, 0.05) is 44.8 Å². The van der Waals surface area contributed by atoms with Crippen molar-refractivity contribution >= 4 is 11.8 Å². The Hall–Kier alpha value is -1.88. The highest BCUT2D eigenvalue weighted by Gasteiger charge is 2.41. The number of likely N-dealkylation sites (tertiary alicyclic amines) is 2. The van der Waals surface area contributed by atoms with Crippen LogP contribution in [0, 0.1) is 12.3 Å². The molecule has 2 aliphatic heterocycles. The Morgan fingerprint density at radius 1 is 1.24 bits per heavy atom. The van der Waals surface area contributed by atoms with Crippen LogP contribution in [-0.2, 0) is 4.79 Å². The van der Waals surface area contributed by atoms with Crippen molar-refractivity contribution in [3.63, 3.8) is 0 Å². The Kier molecular flexibility index (Phi) is 5.42. The maximum absolute atomic E-state index is 12.7. The third-order valence-electron chi connectivity index (χ3n) is 5.71. The Labute approximate surface area is 149 Å². The van der Waals surface area contributed by atoms with Crippen LogP contribution in [0.2, 0.25) is 0 Å². The van der Waals surface area contributed by atoms with Crippen LogP contribution < -0.4 is 0 Å².